The molecule has 0 bridgehead atoms. The molecular formula is C17H19NO3. The lowest BCUT2D eigenvalue weighted by atomic mass is 10.2. The van der Waals surface area contributed by atoms with E-state index in [2.05, 4.69) is 5.32 Å². The number of aliphatic hydroxyl groups is 1. The van der Waals surface area contributed by atoms with Gasteiger partial charge in [-0.1, -0.05) is 29.8 Å². The minimum absolute atomic E-state index is 0.00137. The van der Waals surface area contributed by atoms with E-state index in [9.17, 15) is 4.79 Å². The lowest BCUT2D eigenvalue weighted by Gasteiger charge is -2.08. The molecule has 1 amide bonds. The Balaban J connectivity index is 1.75. The fraction of sp³-hybridized carbons (Fsp3) is 0.235. The molecule has 2 rings (SSSR count). The molecule has 0 aromatic heterocycles. The summed E-state index contributed by atoms with van der Waals surface area (Å²) in [6, 6.07) is 14.8. The molecule has 21 heavy (non-hydrogen) atoms. The van der Waals surface area contributed by atoms with Crippen LogP contribution < -0.4 is 10.1 Å². The average molecular weight is 285 g/mol. The number of ether oxygens (including phenoxy) is 1. The van der Waals surface area contributed by atoms with Crippen molar-refractivity contribution in [1.29, 1.82) is 0 Å². The fourth-order valence-corrected chi connectivity index (χ4v) is 1.81. The molecule has 0 aliphatic rings. The SMILES string of the molecule is Cc1ccc(OCCC(=O)Nc2ccc(CO)cc2)cc1. The van der Waals surface area contributed by atoms with Crippen molar-refractivity contribution in [2.45, 2.75) is 20.0 Å². The molecule has 0 radical (unpaired) electrons. The van der Waals surface area contributed by atoms with Crippen LogP contribution in [-0.2, 0) is 11.4 Å². The van der Waals surface area contributed by atoms with E-state index in [0.717, 1.165) is 11.3 Å². The molecule has 0 unspecified atom stereocenters. The van der Waals surface area contributed by atoms with Crippen LogP contribution in [0.25, 0.3) is 0 Å². The van der Waals surface area contributed by atoms with Crippen LogP contribution in [0.15, 0.2) is 48.5 Å². The highest BCUT2D eigenvalue weighted by Gasteiger charge is 2.03. The first-order valence-corrected chi connectivity index (χ1v) is 6.86. The van der Waals surface area contributed by atoms with Gasteiger partial charge in [-0.3, -0.25) is 4.79 Å². The van der Waals surface area contributed by atoms with Crippen LogP contribution in [0.4, 0.5) is 5.69 Å². The Morgan fingerprint density at radius 1 is 1.10 bits per heavy atom. The van der Waals surface area contributed by atoms with E-state index in [4.69, 9.17) is 9.84 Å². The summed E-state index contributed by atoms with van der Waals surface area (Å²) < 4.78 is 5.51. The molecule has 0 spiro atoms. The van der Waals surface area contributed by atoms with Gasteiger partial charge < -0.3 is 15.2 Å². The first-order valence-electron chi connectivity index (χ1n) is 6.86. The Labute approximate surface area is 124 Å². The number of anilines is 1. The summed E-state index contributed by atoms with van der Waals surface area (Å²) >= 11 is 0. The van der Waals surface area contributed by atoms with Crippen molar-refractivity contribution in [2.75, 3.05) is 11.9 Å². The summed E-state index contributed by atoms with van der Waals surface area (Å²) in [6.07, 6.45) is 0.287. The molecule has 0 aliphatic carbocycles. The van der Waals surface area contributed by atoms with Gasteiger partial charge in [-0.05, 0) is 36.8 Å². The van der Waals surface area contributed by atoms with E-state index in [1.165, 1.54) is 5.56 Å². The van der Waals surface area contributed by atoms with E-state index in [0.29, 0.717) is 12.3 Å². The number of nitrogens with one attached hydrogen (secondary N) is 1. The van der Waals surface area contributed by atoms with Crippen molar-refractivity contribution in [3.05, 3.63) is 59.7 Å². The summed E-state index contributed by atoms with van der Waals surface area (Å²) in [6.45, 7) is 2.35. The maximum Gasteiger partial charge on any atom is 0.227 e. The summed E-state index contributed by atoms with van der Waals surface area (Å²) in [5.41, 5.74) is 2.70. The highest BCUT2D eigenvalue weighted by Crippen LogP contribution is 2.12. The third kappa shape index (κ3) is 4.93. The average Bonchev–Trinajstić information content (AvgIpc) is 2.50. The predicted octanol–water partition coefficient (Wildman–Crippen LogP) is 2.89. The van der Waals surface area contributed by atoms with Crippen LogP contribution >= 0.6 is 0 Å². The van der Waals surface area contributed by atoms with Crippen LogP contribution in [0.3, 0.4) is 0 Å². The molecule has 0 aliphatic heterocycles. The van der Waals surface area contributed by atoms with E-state index in [1.807, 2.05) is 31.2 Å². The van der Waals surface area contributed by atoms with Crippen molar-refractivity contribution in [1.82, 2.24) is 0 Å². The Bertz CT molecular complexity index is 576. The molecular weight excluding hydrogens is 266 g/mol. The first kappa shape index (κ1) is 15.1. The highest BCUT2D eigenvalue weighted by atomic mass is 16.5. The van der Waals surface area contributed by atoms with Gasteiger partial charge in [-0.15, -0.1) is 0 Å². The molecule has 2 aromatic rings. The van der Waals surface area contributed by atoms with Crippen LogP contribution in [-0.4, -0.2) is 17.6 Å². The van der Waals surface area contributed by atoms with Crippen LogP contribution in [0.5, 0.6) is 5.75 Å². The van der Waals surface area contributed by atoms with Crippen LogP contribution in [0.2, 0.25) is 0 Å². The molecule has 2 aromatic carbocycles. The zero-order valence-corrected chi connectivity index (χ0v) is 12.0. The maximum absolute atomic E-state index is 11.8. The van der Waals surface area contributed by atoms with Gasteiger partial charge in [0.2, 0.25) is 5.91 Å². The second-order valence-corrected chi connectivity index (χ2v) is 4.81. The lowest BCUT2D eigenvalue weighted by Crippen LogP contribution is -2.15. The Morgan fingerprint density at radius 3 is 2.38 bits per heavy atom. The van der Waals surface area contributed by atoms with Gasteiger partial charge in [-0.2, -0.15) is 0 Å². The minimum Gasteiger partial charge on any atom is -0.493 e. The predicted molar refractivity (Wildman–Crippen MR) is 82.3 cm³/mol. The highest BCUT2D eigenvalue weighted by molar-refractivity contribution is 5.90. The number of benzene rings is 2. The van der Waals surface area contributed by atoms with Crippen molar-refractivity contribution in [3.8, 4) is 5.75 Å². The van der Waals surface area contributed by atoms with Crippen molar-refractivity contribution in [2.24, 2.45) is 0 Å². The zero-order chi connectivity index (χ0) is 15.1. The number of carbonyl (C=O) groups is 1. The van der Waals surface area contributed by atoms with Gasteiger partial charge in [0.05, 0.1) is 19.6 Å². The van der Waals surface area contributed by atoms with Crippen molar-refractivity contribution in [3.63, 3.8) is 0 Å². The van der Waals surface area contributed by atoms with Gasteiger partial charge in [0, 0.05) is 5.69 Å². The van der Waals surface area contributed by atoms with Gasteiger partial charge in [0.1, 0.15) is 5.75 Å². The molecule has 2 N–H and O–H groups in total. The quantitative estimate of drug-likeness (QED) is 0.858. The number of rotatable bonds is 6. The molecule has 4 nitrogen and oxygen atoms in total. The number of hydrogen-bond donors (Lipinski definition) is 2. The van der Waals surface area contributed by atoms with E-state index >= 15 is 0 Å². The maximum atomic E-state index is 11.8. The van der Waals surface area contributed by atoms with Gasteiger partial charge in [0.15, 0.2) is 0 Å². The monoisotopic (exact) mass is 285 g/mol. The number of hydrogen-bond acceptors (Lipinski definition) is 3. The molecule has 4 heteroatoms. The Hall–Kier alpha value is -2.33. The van der Waals surface area contributed by atoms with Crippen molar-refractivity contribution < 1.29 is 14.6 Å². The largest absolute Gasteiger partial charge is 0.493 e. The smallest absolute Gasteiger partial charge is 0.227 e. The number of carbonyl (C=O) groups excluding carboxylic acids is 1. The molecule has 0 atom stereocenters. The Morgan fingerprint density at radius 2 is 1.76 bits per heavy atom. The fourth-order valence-electron chi connectivity index (χ4n) is 1.81. The second kappa shape index (κ2) is 7.45. The van der Waals surface area contributed by atoms with E-state index in [-0.39, 0.29) is 18.9 Å². The van der Waals surface area contributed by atoms with Crippen LogP contribution in [0.1, 0.15) is 17.5 Å². The molecule has 0 heterocycles. The lowest BCUT2D eigenvalue weighted by molar-refractivity contribution is -0.116. The zero-order valence-electron chi connectivity index (χ0n) is 12.0. The van der Waals surface area contributed by atoms with Gasteiger partial charge >= 0.3 is 0 Å². The van der Waals surface area contributed by atoms with E-state index < -0.39 is 0 Å². The first-order chi connectivity index (χ1) is 10.2. The number of aliphatic hydroxyl groups excluding tert-OH is 1. The van der Waals surface area contributed by atoms with Gasteiger partial charge in [0.25, 0.3) is 0 Å². The molecule has 0 saturated carbocycles. The normalized spacial score (nSPS) is 10.2. The third-order valence-corrected chi connectivity index (χ3v) is 3.04. The summed E-state index contributed by atoms with van der Waals surface area (Å²) in [4.78, 5) is 11.8. The Kier molecular flexibility index (Phi) is 5.35. The number of aryl methyl sites for hydroxylation is 1. The van der Waals surface area contributed by atoms with E-state index in [1.54, 1.807) is 24.3 Å². The minimum atomic E-state index is -0.0983. The number of amides is 1. The standard InChI is InChI=1S/C17H19NO3/c1-13-2-8-16(9-3-13)21-11-10-17(20)18-15-6-4-14(12-19)5-7-15/h2-9,19H,10-12H2,1H3,(H,18,20). The van der Waals surface area contributed by atoms with Gasteiger partial charge in [-0.25, -0.2) is 0 Å². The third-order valence-electron chi connectivity index (χ3n) is 3.04. The molecule has 110 valence electrons. The van der Waals surface area contributed by atoms with Crippen molar-refractivity contribution >= 4 is 11.6 Å². The second-order valence-electron chi connectivity index (χ2n) is 4.81. The summed E-state index contributed by atoms with van der Waals surface area (Å²) in [5, 5.41) is 11.7. The molecule has 0 saturated heterocycles. The summed E-state index contributed by atoms with van der Waals surface area (Å²) in [5.74, 6) is 0.666. The van der Waals surface area contributed by atoms with Crippen LogP contribution in [0, 0.1) is 6.92 Å². The molecule has 0 fully saturated rings. The topological polar surface area (TPSA) is 58.6 Å². The summed E-state index contributed by atoms with van der Waals surface area (Å²) in [7, 11) is 0.